The van der Waals surface area contributed by atoms with E-state index in [1.54, 1.807) is 0 Å². The van der Waals surface area contributed by atoms with Crippen LogP contribution in [0.1, 0.15) is 22.3 Å². The molecule has 2 N–H and O–H groups in total. The summed E-state index contributed by atoms with van der Waals surface area (Å²) in [5.41, 5.74) is 6.71. The highest BCUT2D eigenvalue weighted by Crippen LogP contribution is 2.37. The molecule has 1 heterocycles. The third-order valence-electron chi connectivity index (χ3n) is 5.35. The topological polar surface area (TPSA) is 66.6 Å². The van der Waals surface area contributed by atoms with Crippen molar-refractivity contribution >= 4 is 23.3 Å². The number of carbonyl (C=O) groups excluding carboxylic acids is 2. The minimum Gasteiger partial charge on any atom is -0.398 e. The van der Waals surface area contributed by atoms with E-state index in [0.717, 1.165) is 33.7 Å². The lowest BCUT2D eigenvalue weighted by molar-refractivity contribution is -0.137. The van der Waals surface area contributed by atoms with Gasteiger partial charge in [-0.3, -0.25) is 4.79 Å². The number of anilines is 2. The molecule has 1 saturated heterocycles. The van der Waals surface area contributed by atoms with Gasteiger partial charge in [-0.25, -0.2) is 9.69 Å². The summed E-state index contributed by atoms with van der Waals surface area (Å²) in [7, 11) is 0. The molecule has 3 aromatic carbocycles. The standard InChI is InChI=1S/C24H20F3N3O2/c25-24(26,27)20-13-19(10-11-21(20)28)30-22(31)15-29(23(30)32)14-18-9-5-4-8-17(18)12-16-6-2-1-3-7-16/h1-11,13H,12,14-15,28H2. The first-order chi connectivity index (χ1) is 15.2. The van der Waals surface area contributed by atoms with Gasteiger partial charge in [0.15, 0.2) is 0 Å². The van der Waals surface area contributed by atoms with Crippen LogP contribution in [0.15, 0.2) is 72.8 Å². The lowest BCUT2D eigenvalue weighted by Crippen LogP contribution is -2.33. The van der Waals surface area contributed by atoms with Gasteiger partial charge in [0, 0.05) is 12.2 Å². The van der Waals surface area contributed by atoms with Gasteiger partial charge in [-0.05, 0) is 41.3 Å². The molecule has 0 saturated carbocycles. The number of hydrogen-bond acceptors (Lipinski definition) is 3. The molecule has 0 unspecified atom stereocenters. The third kappa shape index (κ3) is 4.30. The van der Waals surface area contributed by atoms with Crippen LogP contribution in [-0.2, 0) is 23.9 Å². The first-order valence-electron chi connectivity index (χ1n) is 9.93. The summed E-state index contributed by atoms with van der Waals surface area (Å²) >= 11 is 0. The number of nitrogen functional groups attached to an aromatic ring is 1. The van der Waals surface area contributed by atoms with Crippen LogP contribution in [-0.4, -0.2) is 23.4 Å². The fourth-order valence-electron chi connectivity index (χ4n) is 3.76. The monoisotopic (exact) mass is 439 g/mol. The van der Waals surface area contributed by atoms with Crippen molar-refractivity contribution in [2.45, 2.75) is 19.1 Å². The molecule has 0 spiro atoms. The maximum Gasteiger partial charge on any atom is 0.418 e. The van der Waals surface area contributed by atoms with E-state index < -0.39 is 29.4 Å². The molecule has 32 heavy (non-hydrogen) atoms. The van der Waals surface area contributed by atoms with Gasteiger partial charge in [0.1, 0.15) is 6.54 Å². The van der Waals surface area contributed by atoms with Crippen LogP contribution in [0.4, 0.5) is 29.3 Å². The maximum atomic E-state index is 13.2. The van der Waals surface area contributed by atoms with Crippen molar-refractivity contribution in [3.63, 3.8) is 0 Å². The van der Waals surface area contributed by atoms with Crippen LogP contribution >= 0.6 is 0 Å². The van der Waals surface area contributed by atoms with Crippen molar-refractivity contribution < 1.29 is 22.8 Å². The summed E-state index contributed by atoms with van der Waals surface area (Å²) in [4.78, 5) is 27.6. The molecule has 5 nitrogen and oxygen atoms in total. The number of nitrogens with two attached hydrogens (primary N) is 1. The van der Waals surface area contributed by atoms with Crippen LogP contribution in [0.3, 0.4) is 0 Å². The van der Waals surface area contributed by atoms with Crippen LogP contribution in [0.25, 0.3) is 0 Å². The largest absolute Gasteiger partial charge is 0.418 e. The van der Waals surface area contributed by atoms with E-state index in [0.29, 0.717) is 6.42 Å². The molecule has 1 fully saturated rings. The summed E-state index contributed by atoms with van der Waals surface area (Å²) in [6.45, 7) is -0.0462. The van der Waals surface area contributed by atoms with Gasteiger partial charge in [-0.15, -0.1) is 0 Å². The number of urea groups is 1. The SMILES string of the molecule is Nc1ccc(N2C(=O)CN(Cc3ccccc3Cc3ccccc3)C2=O)cc1C(F)(F)F. The van der Waals surface area contributed by atoms with Crippen molar-refractivity contribution in [2.24, 2.45) is 0 Å². The molecule has 0 bridgehead atoms. The van der Waals surface area contributed by atoms with Crippen molar-refractivity contribution in [1.82, 2.24) is 4.90 Å². The lowest BCUT2D eigenvalue weighted by atomic mass is 9.99. The molecule has 8 heteroatoms. The molecule has 0 aliphatic carbocycles. The van der Waals surface area contributed by atoms with E-state index in [2.05, 4.69) is 0 Å². The molecular weight excluding hydrogens is 419 g/mol. The summed E-state index contributed by atoms with van der Waals surface area (Å²) < 4.78 is 39.7. The van der Waals surface area contributed by atoms with Gasteiger partial charge in [-0.1, -0.05) is 54.6 Å². The predicted octanol–water partition coefficient (Wildman–Crippen LogP) is 4.85. The Balaban J connectivity index is 1.57. The van der Waals surface area contributed by atoms with E-state index in [4.69, 9.17) is 5.73 Å². The van der Waals surface area contributed by atoms with E-state index in [9.17, 15) is 22.8 Å². The summed E-state index contributed by atoms with van der Waals surface area (Å²) in [5, 5.41) is 0. The van der Waals surface area contributed by atoms with Gasteiger partial charge >= 0.3 is 12.2 Å². The number of hydrogen-bond donors (Lipinski definition) is 1. The normalized spacial score (nSPS) is 14.3. The van der Waals surface area contributed by atoms with Gasteiger partial charge in [0.05, 0.1) is 11.3 Å². The van der Waals surface area contributed by atoms with Crippen molar-refractivity contribution in [3.05, 3.63) is 95.1 Å². The average Bonchev–Trinajstić information content (AvgIpc) is 3.03. The Hall–Kier alpha value is -3.81. The average molecular weight is 439 g/mol. The minimum absolute atomic E-state index is 0.151. The number of halogens is 3. The van der Waals surface area contributed by atoms with Crippen molar-refractivity contribution in [1.29, 1.82) is 0 Å². The Morgan fingerprint density at radius 3 is 2.22 bits per heavy atom. The third-order valence-corrected chi connectivity index (χ3v) is 5.35. The second kappa shape index (κ2) is 8.37. The maximum absolute atomic E-state index is 13.2. The zero-order chi connectivity index (χ0) is 22.9. The number of nitrogens with zero attached hydrogens (tertiary/aromatic N) is 2. The molecule has 0 atom stereocenters. The number of imide groups is 1. The van der Waals surface area contributed by atoms with Crippen LogP contribution < -0.4 is 10.6 Å². The van der Waals surface area contributed by atoms with Gasteiger partial charge in [0.25, 0.3) is 5.91 Å². The van der Waals surface area contributed by atoms with E-state index in [1.165, 1.54) is 11.0 Å². The molecule has 164 valence electrons. The molecular formula is C24H20F3N3O2. The highest BCUT2D eigenvalue weighted by atomic mass is 19.4. The summed E-state index contributed by atoms with van der Waals surface area (Å²) in [6.07, 6.45) is -4.04. The minimum atomic E-state index is -4.69. The number of rotatable bonds is 5. The molecule has 0 radical (unpaired) electrons. The number of alkyl halides is 3. The van der Waals surface area contributed by atoms with Gasteiger partial charge in [-0.2, -0.15) is 13.2 Å². The number of benzene rings is 3. The van der Waals surface area contributed by atoms with E-state index >= 15 is 0 Å². The second-order valence-electron chi connectivity index (χ2n) is 7.57. The molecule has 4 rings (SSSR count). The molecule has 3 amide bonds. The molecule has 1 aliphatic rings. The number of amides is 3. The second-order valence-corrected chi connectivity index (χ2v) is 7.57. The Morgan fingerprint density at radius 2 is 1.53 bits per heavy atom. The van der Waals surface area contributed by atoms with Crippen LogP contribution in [0, 0.1) is 0 Å². The highest BCUT2D eigenvalue weighted by Gasteiger charge is 2.39. The Morgan fingerprint density at radius 1 is 0.875 bits per heavy atom. The predicted molar refractivity (Wildman–Crippen MR) is 115 cm³/mol. The van der Waals surface area contributed by atoms with E-state index in [-0.39, 0.29) is 18.8 Å². The fourth-order valence-corrected chi connectivity index (χ4v) is 3.76. The Bertz CT molecular complexity index is 1160. The quantitative estimate of drug-likeness (QED) is 0.457. The van der Waals surface area contributed by atoms with Crippen molar-refractivity contribution in [3.8, 4) is 0 Å². The highest BCUT2D eigenvalue weighted by molar-refractivity contribution is 6.19. The van der Waals surface area contributed by atoms with E-state index in [1.807, 2.05) is 54.6 Å². The lowest BCUT2D eigenvalue weighted by Gasteiger charge is -2.20. The molecule has 1 aliphatic heterocycles. The summed E-state index contributed by atoms with van der Waals surface area (Å²) in [5.74, 6) is -0.589. The van der Waals surface area contributed by atoms with Crippen LogP contribution in [0.5, 0.6) is 0 Å². The molecule has 0 aromatic heterocycles. The zero-order valence-corrected chi connectivity index (χ0v) is 17.0. The van der Waals surface area contributed by atoms with Gasteiger partial charge < -0.3 is 10.6 Å². The van der Waals surface area contributed by atoms with Crippen LogP contribution in [0.2, 0.25) is 0 Å². The van der Waals surface area contributed by atoms with Crippen molar-refractivity contribution in [2.75, 3.05) is 17.2 Å². The Labute approximate surface area is 182 Å². The smallest absolute Gasteiger partial charge is 0.398 e. The number of carbonyl (C=O) groups is 2. The summed E-state index contributed by atoms with van der Waals surface area (Å²) in [6, 6.07) is 19.8. The Kier molecular flexibility index (Phi) is 5.61. The first kappa shape index (κ1) is 21.4. The fraction of sp³-hybridized carbons (Fsp3) is 0.167. The zero-order valence-electron chi connectivity index (χ0n) is 17.0. The first-order valence-corrected chi connectivity index (χ1v) is 9.93. The van der Waals surface area contributed by atoms with Gasteiger partial charge in [0.2, 0.25) is 0 Å². The molecule has 3 aromatic rings.